The Hall–Kier alpha value is -1.44. The lowest BCUT2D eigenvalue weighted by Crippen LogP contribution is -2.47. The molecule has 1 aliphatic rings. The van der Waals surface area contributed by atoms with E-state index in [1.165, 1.54) is 26.2 Å². The van der Waals surface area contributed by atoms with Crippen LogP contribution in [0.1, 0.15) is 19.3 Å². The van der Waals surface area contributed by atoms with Crippen molar-refractivity contribution in [2.24, 2.45) is 11.1 Å². The summed E-state index contributed by atoms with van der Waals surface area (Å²) < 4.78 is 25.0. The maximum absolute atomic E-state index is 12.2. The van der Waals surface area contributed by atoms with E-state index >= 15 is 0 Å². The Labute approximate surface area is 125 Å². The molecule has 116 valence electrons. The van der Waals surface area contributed by atoms with Crippen LogP contribution in [0.3, 0.4) is 0 Å². The minimum Gasteiger partial charge on any atom is -0.329 e. The zero-order valence-electron chi connectivity index (χ0n) is 12.3. The molecule has 7 heteroatoms. The van der Waals surface area contributed by atoms with Gasteiger partial charge < -0.3 is 11.1 Å². The molecule has 1 saturated carbocycles. The van der Waals surface area contributed by atoms with E-state index in [0.29, 0.717) is 12.2 Å². The Morgan fingerprint density at radius 3 is 2.24 bits per heavy atom. The number of nitrogens with two attached hydrogens (primary N) is 1. The first-order chi connectivity index (χ1) is 9.82. The largest absolute Gasteiger partial charge is 0.329 e. The first-order valence-corrected chi connectivity index (χ1v) is 8.30. The minimum atomic E-state index is -3.45. The summed E-state index contributed by atoms with van der Waals surface area (Å²) in [4.78, 5) is 12.4. The number of nitrogens with one attached hydrogen (secondary N) is 1. The van der Waals surface area contributed by atoms with E-state index in [0.717, 1.165) is 23.6 Å². The number of anilines is 1. The summed E-state index contributed by atoms with van der Waals surface area (Å²) in [5, 5.41) is 2.82. The number of hydrogen-bond acceptors (Lipinski definition) is 4. The maximum Gasteiger partial charge on any atom is 0.242 e. The summed E-state index contributed by atoms with van der Waals surface area (Å²) in [5.41, 5.74) is 5.82. The summed E-state index contributed by atoms with van der Waals surface area (Å²) in [6.45, 7) is 0.339. The highest BCUT2D eigenvalue weighted by molar-refractivity contribution is 7.89. The van der Waals surface area contributed by atoms with Gasteiger partial charge in [-0.1, -0.05) is 6.42 Å². The van der Waals surface area contributed by atoms with E-state index in [1.807, 2.05) is 0 Å². The van der Waals surface area contributed by atoms with Crippen molar-refractivity contribution in [1.82, 2.24) is 4.31 Å². The van der Waals surface area contributed by atoms with Crippen LogP contribution in [0.15, 0.2) is 29.2 Å². The Morgan fingerprint density at radius 1 is 1.29 bits per heavy atom. The molecule has 21 heavy (non-hydrogen) atoms. The summed E-state index contributed by atoms with van der Waals surface area (Å²) in [5.74, 6) is -0.0838. The monoisotopic (exact) mass is 311 g/mol. The number of sulfonamides is 1. The summed E-state index contributed by atoms with van der Waals surface area (Å²) in [6, 6.07) is 6.16. The average molecular weight is 311 g/mol. The first kappa shape index (κ1) is 15.9. The molecule has 1 amide bonds. The SMILES string of the molecule is CN(C)S(=O)(=O)c1ccc(NC(=O)C2(CN)CCC2)cc1. The summed E-state index contributed by atoms with van der Waals surface area (Å²) in [7, 11) is -0.490. The molecule has 1 aromatic rings. The van der Waals surface area contributed by atoms with Gasteiger partial charge >= 0.3 is 0 Å². The van der Waals surface area contributed by atoms with Gasteiger partial charge in [-0.25, -0.2) is 12.7 Å². The predicted molar refractivity (Wildman–Crippen MR) is 81.3 cm³/mol. The maximum atomic E-state index is 12.2. The van der Waals surface area contributed by atoms with Crippen molar-refractivity contribution >= 4 is 21.6 Å². The predicted octanol–water partition coefficient (Wildman–Crippen LogP) is 1.00. The zero-order valence-corrected chi connectivity index (χ0v) is 13.1. The lowest BCUT2D eigenvalue weighted by molar-refractivity contribution is -0.129. The lowest BCUT2D eigenvalue weighted by atomic mass is 9.68. The van der Waals surface area contributed by atoms with E-state index in [9.17, 15) is 13.2 Å². The zero-order chi connectivity index (χ0) is 15.7. The first-order valence-electron chi connectivity index (χ1n) is 6.86. The number of carbonyl (C=O) groups is 1. The molecule has 6 nitrogen and oxygen atoms in total. The Bertz CT molecular complexity index is 614. The van der Waals surface area contributed by atoms with Crippen LogP contribution < -0.4 is 11.1 Å². The van der Waals surface area contributed by atoms with Gasteiger partial charge in [0.2, 0.25) is 15.9 Å². The molecule has 1 aromatic carbocycles. The fourth-order valence-corrected chi connectivity index (χ4v) is 3.21. The highest BCUT2D eigenvalue weighted by atomic mass is 32.2. The van der Waals surface area contributed by atoms with Crippen LogP contribution >= 0.6 is 0 Å². The second-order valence-electron chi connectivity index (χ2n) is 5.60. The van der Waals surface area contributed by atoms with Gasteiger partial charge in [-0.3, -0.25) is 4.79 Å². The van der Waals surface area contributed by atoms with Crippen LogP contribution in [0.4, 0.5) is 5.69 Å². The third-order valence-corrected chi connectivity index (χ3v) is 5.90. The van der Waals surface area contributed by atoms with Crippen LogP contribution in [0, 0.1) is 5.41 Å². The topological polar surface area (TPSA) is 92.5 Å². The normalized spacial score (nSPS) is 17.3. The van der Waals surface area contributed by atoms with Gasteiger partial charge in [-0.05, 0) is 37.1 Å². The van der Waals surface area contributed by atoms with Gasteiger partial charge in [0.25, 0.3) is 0 Å². The van der Waals surface area contributed by atoms with E-state index in [1.54, 1.807) is 12.1 Å². The van der Waals surface area contributed by atoms with Crippen molar-refractivity contribution in [3.8, 4) is 0 Å². The fourth-order valence-electron chi connectivity index (χ4n) is 2.31. The number of rotatable bonds is 5. The standard InChI is InChI=1S/C14H21N3O3S/c1-17(2)21(19,20)12-6-4-11(5-7-12)16-13(18)14(10-15)8-3-9-14/h4-7H,3,8-10,15H2,1-2H3,(H,16,18). The molecule has 0 heterocycles. The second-order valence-corrected chi connectivity index (χ2v) is 7.76. The molecule has 0 saturated heterocycles. The van der Waals surface area contributed by atoms with Crippen molar-refractivity contribution in [1.29, 1.82) is 0 Å². The summed E-state index contributed by atoms with van der Waals surface area (Å²) >= 11 is 0. The minimum absolute atomic E-state index is 0.0838. The molecular formula is C14H21N3O3S. The van der Waals surface area contributed by atoms with Crippen LogP contribution in [0.2, 0.25) is 0 Å². The number of benzene rings is 1. The van der Waals surface area contributed by atoms with Crippen molar-refractivity contribution in [2.75, 3.05) is 26.0 Å². The molecular weight excluding hydrogens is 290 g/mol. The molecule has 0 spiro atoms. The average Bonchev–Trinajstić information content (AvgIpc) is 2.38. The molecule has 0 radical (unpaired) electrons. The Balaban J connectivity index is 2.12. The van der Waals surface area contributed by atoms with Gasteiger partial charge in [0.05, 0.1) is 10.3 Å². The highest BCUT2D eigenvalue weighted by Crippen LogP contribution is 2.40. The third-order valence-electron chi connectivity index (χ3n) is 4.07. The van der Waals surface area contributed by atoms with E-state index in [4.69, 9.17) is 5.73 Å². The van der Waals surface area contributed by atoms with Crippen LogP contribution in [0.25, 0.3) is 0 Å². The van der Waals surface area contributed by atoms with Gasteiger partial charge in [0.15, 0.2) is 0 Å². The van der Waals surface area contributed by atoms with Gasteiger partial charge in [0, 0.05) is 26.3 Å². The molecule has 3 N–H and O–H groups in total. The third kappa shape index (κ3) is 2.95. The van der Waals surface area contributed by atoms with Crippen LogP contribution in [0.5, 0.6) is 0 Å². The van der Waals surface area contributed by atoms with Crippen molar-refractivity contribution in [3.05, 3.63) is 24.3 Å². The molecule has 0 unspecified atom stereocenters. The molecule has 1 aliphatic carbocycles. The Kier molecular flexibility index (Phi) is 4.36. The number of nitrogens with zero attached hydrogens (tertiary/aromatic N) is 1. The fraction of sp³-hybridized carbons (Fsp3) is 0.500. The molecule has 0 atom stereocenters. The second kappa shape index (κ2) is 5.75. The quantitative estimate of drug-likeness (QED) is 0.848. The van der Waals surface area contributed by atoms with Gasteiger partial charge in [-0.2, -0.15) is 0 Å². The number of amides is 1. The van der Waals surface area contributed by atoms with Gasteiger partial charge in [0.1, 0.15) is 0 Å². The lowest BCUT2D eigenvalue weighted by Gasteiger charge is -2.39. The molecule has 0 aromatic heterocycles. The van der Waals surface area contributed by atoms with E-state index < -0.39 is 15.4 Å². The number of carbonyl (C=O) groups excluding carboxylic acids is 1. The van der Waals surface area contributed by atoms with Crippen molar-refractivity contribution < 1.29 is 13.2 Å². The van der Waals surface area contributed by atoms with Crippen molar-refractivity contribution in [3.63, 3.8) is 0 Å². The smallest absolute Gasteiger partial charge is 0.242 e. The molecule has 2 rings (SSSR count). The Morgan fingerprint density at radius 2 is 1.86 bits per heavy atom. The van der Waals surface area contributed by atoms with Crippen LogP contribution in [-0.4, -0.2) is 39.3 Å². The van der Waals surface area contributed by atoms with E-state index in [2.05, 4.69) is 5.32 Å². The molecule has 1 fully saturated rings. The van der Waals surface area contributed by atoms with E-state index in [-0.39, 0.29) is 10.8 Å². The van der Waals surface area contributed by atoms with Crippen molar-refractivity contribution in [2.45, 2.75) is 24.2 Å². The van der Waals surface area contributed by atoms with Crippen LogP contribution in [-0.2, 0) is 14.8 Å². The van der Waals surface area contributed by atoms with Gasteiger partial charge in [-0.15, -0.1) is 0 Å². The highest BCUT2D eigenvalue weighted by Gasteiger charge is 2.42. The molecule has 0 aliphatic heterocycles. The molecule has 0 bridgehead atoms. The summed E-state index contributed by atoms with van der Waals surface area (Å²) in [6.07, 6.45) is 2.63. The number of hydrogen-bond donors (Lipinski definition) is 2.